The Morgan fingerprint density at radius 2 is 1.76 bits per heavy atom. The molecule has 4 rings (SSSR count). The first-order chi connectivity index (χ1) is 13.9. The highest BCUT2D eigenvalue weighted by atomic mass is 35.5. The van der Waals surface area contributed by atoms with Crippen molar-refractivity contribution in [1.29, 1.82) is 0 Å². The number of carbonyl (C=O) groups is 2. The molecule has 1 heterocycles. The summed E-state index contributed by atoms with van der Waals surface area (Å²) in [6.07, 6.45) is 0.473. The average Bonchev–Trinajstić information content (AvgIpc) is 3.20. The maximum absolute atomic E-state index is 13.0. The van der Waals surface area contributed by atoms with Crippen molar-refractivity contribution in [3.05, 3.63) is 76.3 Å². The lowest BCUT2D eigenvalue weighted by molar-refractivity contribution is -0.120. The molecule has 1 aliphatic heterocycles. The van der Waals surface area contributed by atoms with Crippen LogP contribution in [-0.4, -0.2) is 37.2 Å². The molecule has 0 N–H and O–H groups in total. The summed E-state index contributed by atoms with van der Waals surface area (Å²) in [7, 11) is 0. The maximum Gasteiger partial charge on any atom is 0.190 e. The average molecular weight is 413 g/mol. The number of carbonyl (C=O) groups excluding carboxylic acids is 2. The van der Waals surface area contributed by atoms with E-state index in [-0.39, 0.29) is 17.7 Å². The predicted molar refractivity (Wildman–Crippen MR) is 109 cm³/mol. The van der Waals surface area contributed by atoms with Gasteiger partial charge in [-0.3, -0.25) is 9.59 Å². The minimum absolute atomic E-state index is 0.168. The Hall–Kier alpha value is -2.47. The molecule has 1 saturated heterocycles. The molecule has 0 aromatic heterocycles. The largest absolute Gasteiger partial charge is 0.491 e. The van der Waals surface area contributed by atoms with Gasteiger partial charge in [-0.1, -0.05) is 49.7 Å². The maximum atomic E-state index is 13.0. The lowest BCUT2D eigenvalue weighted by Gasteiger charge is -2.33. The predicted octanol–water partition coefficient (Wildman–Crippen LogP) is 4.49. The molecule has 2 aliphatic rings. The van der Waals surface area contributed by atoms with Crippen LogP contribution in [0.1, 0.15) is 34.6 Å². The van der Waals surface area contributed by atoms with Crippen molar-refractivity contribution in [3.8, 4) is 5.75 Å². The Balaban J connectivity index is 1.45. The molecule has 0 unspecified atom stereocenters. The van der Waals surface area contributed by atoms with Crippen molar-refractivity contribution >= 4 is 23.2 Å². The van der Waals surface area contributed by atoms with Crippen LogP contribution in [-0.2, 0) is 9.47 Å². The number of Topliss-reactive ketones (excluding diaryl/α,β-unsaturated/α-hetero) is 1. The second-order valence-electron chi connectivity index (χ2n) is 7.71. The van der Waals surface area contributed by atoms with Crippen molar-refractivity contribution in [1.82, 2.24) is 0 Å². The summed E-state index contributed by atoms with van der Waals surface area (Å²) in [5, 5.41) is 0.640. The highest BCUT2D eigenvalue weighted by molar-refractivity contribution is 6.30. The van der Waals surface area contributed by atoms with Crippen molar-refractivity contribution in [2.45, 2.75) is 26.2 Å². The SMILES string of the molecule is CC(C)(C1=CC(=O)c2ccccc2C1=O)[C@@H]1OC[C@@H](COc2ccc(Cl)cc2)O1. The zero-order chi connectivity index (χ0) is 20.6. The summed E-state index contributed by atoms with van der Waals surface area (Å²) >= 11 is 5.88. The van der Waals surface area contributed by atoms with E-state index in [1.165, 1.54) is 6.08 Å². The van der Waals surface area contributed by atoms with Crippen LogP contribution in [0.2, 0.25) is 5.02 Å². The lowest BCUT2D eigenvalue weighted by atomic mass is 9.75. The number of halogens is 1. The fraction of sp³-hybridized carbons (Fsp3) is 0.304. The minimum Gasteiger partial charge on any atom is -0.491 e. The van der Waals surface area contributed by atoms with Gasteiger partial charge in [-0.15, -0.1) is 0 Å². The van der Waals surface area contributed by atoms with Gasteiger partial charge in [-0.25, -0.2) is 0 Å². The van der Waals surface area contributed by atoms with E-state index in [0.29, 0.717) is 40.7 Å². The molecule has 29 heavy (non-hydrogen) atoms. The highest BCUT2D eigenvalue weighted by Gasteiger charge is 2.45. The van der Waals surface area contributed by atoms with Gasteiger partial charge in [0.1, 0.15) is 18.5 Å². The molecule has 0 amide bonds. The van der Waals surface area contributed by atoms with Crippen molar-refractivity contribution in [2.24, 2.45) is 5.41 Å². The zero-order valence-electron chi connectivity index (χ0n) is 16.2. The van der Waals surface area contributed by atoms with Gasteiger partial charge < -0.3 is 14.2 Å². The van der Waals surface area contributed by atoms with E-state index in [0.717, 1.165) is 0 Å². The smallest absolute Gasteiger partial charge is 0.190 e. The van der Waals surface area contributed by atoms with E-state index in [1.54, 1.807) is 48.5 Å². The number of benzene rings is 2. The molecule has 2 aromatic rings. The third-order valence-corrected chi connectivity index (χ3v) is 5.49. The Morgan fingerprint density at radius 3 is 2.48 bits per heavy atom. The molecule has 150 valence electrons. The minimum atomic E-state index is -0.796. The highest BCUT2D eigenvalue weighted by Crippen LogP contribution is 2.40. The normalized spacial score (nSPS) is 21.7. The summed E-state index contributed by atoms with van der Waals surface area (Å²) in [5.74, 6) is 0.343. The fourth-order valence-electron chi connectivity index (χ4n) is 3.55. The Kier molecular flexibility index (Phi) is 5.30. The number of hydrogen-bond donors (Lipinski definition) is 0. The van der Waals surface area contributed by atoms with Gasteiger partial charge in [-0.05, 0) is 30.3 Å². The summed E-state index contributed by atoms with van der Waals surface area (Å²) < 4.78 is 17.6. The van der Waals surface area contributed by atoms with Crippen molar-refractivity contribution < 1.29 is 23.8 Å². The number of ketones is 2. The fourth-order valence-corrected chi connectivity index (χ4v) is 3.68. The van der Waals surface area contributed by atoms with E-state index in [2.05, 4.69) is 0 Å². The zero-order valence-corrected chi connectivity index (χ0v) is 16.9. The number of allylic oxidation sites excluding steroid dienone is 1. The molecule has 5 nitrogen and oxygen atoms in total. The van der Waals surface area contributed by atoms with Gasteiger partial charge in [0.15, 0.2) is 17.9 Å². The van der Waals surface area contributed by atoms with Crippen LogP contribution in [0.4, 0.5) is 0 Å². The molecule has 0 saturated carbocycles. The van der Waals surface area contributed by atoms with E-state index >= 15 is 0 Å². The topological polar surface area (TPSA) is 61.8 Å². The summed E-state index contributed by atoms with van der Waals surface area (Å²) in [6.45, 7) is 4.35. The molecule has 0 bridgehead atoms. The van der Waals surface area contributed by atoms with Crippen LogP contribution >= 0.6 is 11.6 Å². The molecule has 6 heteroatoms. The number of fused-ring (bicyclic) bond motifs is 1. The second kappa shape index (κ2) is 7.75. The summed E-state index contributed by atoms with van der Waals surface area (Å²) in [5.41, 5.74) is 0.448. The molecule has 2 aromatic carbocycles. The third-order valence-electron chi connectivity index (χ3n) is 5.24. The van der Waals surface area contributed by atoms with Crippen LogP contribution in [0.5, 0.6) is 5.75 Å². The van der Waals surface area contributed by atoms with Gasteiger partial charge in [0, 0.05) is 27.1 Å². The van der Waals surface area contributed by atoms with E-state index in [1.807, 2.05) is 13.8 Å². The molecular weight excluding hydrogens is 392 g/mol. The molecular formula is C23H21ClO5. The monoisotopic (exact) mass is 412 g/mol. The standard InChI is InChI=1S/C23H21ClO5/c1-23(2,19-11-20(25)17-5-3-4-6-18(17)21(19)26)22-28-13-16(29-22)12-27-15-9-7-14(24)8-10-15/h3-11,16,22H,12-13H2,1-2H3/t16-,22-/m1/s1. The first-order valence-electron chi connectivity index (χ1n) is 9.42. The Labute approximate surface area is 174 Å². The summed E-state index contributed by atoms with van der Waals surface area (Å²) in [4.78, 5) is 25.5. The van der Waals surface area contributed by atoms with E-state index in [4.69, 9.17) is 25.8 Å². The summed E-state index contributed by atoms with van der Waals surface area (Å²) in [6, 6.07) is 13.9. The van der Waals surface area contributed by atoms with E-state index < -0.39 is 11.7 Å². The lowest BCUT2D eigenvalue weighted by Crippen LogP contribution is -2.38. The third kappa shape index (κ3) is 3.86. The Bertz CT molecular complexity index is 977. The molecule has 0 radical (unpaired) electrons. The molecule has 0 spiro atoms. The van der Waals surface area contributed by atoms with E-state index in [9.17, 15) is 9.59 Å². The number of rotatable bonds is 5. The van der Waals surface area contributed by atoms with Gasteiger partial charge in [0.25, 0.3) is 0 Å². The first kappa shape index (κ1) is 19.8. The molecule has 1 fully saturated rings. The second-order valence-corrected chi connectivity index (χ2v) is 8.14. The first-order valence-corrected chi connectivity index (χ1v) is 9.80. The Morgan fingerprint density at radius 1 is 1.07 bits per heavy atom. The quantitative estimate of drug-likeness (QED) is 0.724. The van der Waals surface area contributed by atoms with Crippen LogP contribution < -0.4 is 4.74 Å². The van der Waals surface area contributed by atoms with Crippen molar-refractivity contribution in [3.63, 3.8) is 0 Å². The molecule has 1 aliphatic carbocycles. The number of ether oxygens (including phenoxy) is 3. The van der Waals surface area contributed by atoms with Gasteiger partial charge in [-0.2, -0.15) is 0 Å². The number of hydrogen-bond acceptors (Lipinski definition) is 5. The van der Waals surface area contributed by atoms with Crippen molar-refractivity contribution in [2.75, 3.05) is 13.2 Å². The van der Waals surface area contributed by atoms with Gasteiger partial charge in [0.2, 0.25) is 0 Å². The van der Waals surface area contributed by atoms with Crippen LogP contribution in [0.3, 0.4) is 0 Å². The van der Waals surface area contributed by atoms with Gasteiger partial charge in [0.05, 0.1) is 6.61 Å². The molecule has 2 atom stereocenters. The van der Waals surface area contributed by atoms with Crippen LogP contribution in [0, 0.1) is 5.41 Å². The van der Waals surface area contributed by atoms with Gasteiger partial charge >= 0.3 is 0 Å². The van der Waals surface area contributed by atoms with Crippen LogP contribution in [0.25, 0.3) is 0 Å². The van der Waals surface area contributed by atoms with Crippen LogP contribution in [0.15, 0.2) is 60.2 Å².